The predicted molar refractivity (Wildman–Crippen MR) is 72.3 cm³/mol. The number of anilines is 1. The van der Waals surface area contributed by atoms with Gasteiger partial charge in [-0.15, -0.1) is 0 Å². The molecule has 0 radical (unpaired) electrons. The number of hydrogen-bond acceptors (Lipinski definition) is 6. The number of hydrogen-bond donors (Lipinski definition) is 3. The first-order valence-electron chi connectivity index (χ1n) is 5.85. The van der Waals surface area contributed by atoms with E-state index in [-0.39, 0.29) is 17.6 Å². The molecule has 0 spiro atoms. The summed E-state index contributed by atoms with van der Waals surface area (Å²) < 4.78 is 0. The number of nitrogen functional groups attached to an aromatic ring is 1. The molecule has 1 fully saturated rings. The summed E-state index contributed by atoms with van der Waals surface area (Å²) in [4.78, 5) is 19.9. The third kappa shape index (κ3) is 3.11. The van der Waals surface area contributed by atoms with Gasteiger partial charge in [0.2, 0.25) is 0 Å². The van der Waals surface area contributed by atoms with Crippen LogP contribution in [0, 0.1) is 0 Å². The first kappa shape index (κ1) is 13.1. The lowest BCUT2D eigenvalue weighted by Crippen LogP contribution is -2.33. The third-order valence-corrected chi connectivity index (χ3v) is 4.16. The molecule has 6 nitrogen and oxygen atoms in total. The molecule has 0 saturated heterocycles. The number of thioether (sulfide) groups is 1. The Labute approximate surface area is 110 Å². The Morgan fingerprint density at radius 3 is 3.00 bits per heavy atom. The van der Waals surface area contributed by atoms with Crippen LogP contribution in [0.4, 0.5) is 5.82 Å². The number of amides is 1. The van der Waals surface area contributed by atoms with Gasteiger partial charge < -0.3 is 10.7 Å². The first-order chi connectivity index (χ1) is 8.72. The molecule has 1 heterocycles. The zero-order chi connectivity index (χ0) is 13.0. The first-order valence-corrected chi connectivity index (χ1v) is 7.14. The minimum atomic E-state index is -0.189. The zero-order valence-electron chi connectivity index (χ0n) is 10.2. The van der Waals surface area contributed by atoms with Crippen LogP contribution in [0.25, 0.3) is 0 Å². The van der Waals surface area contributed by atoms with Crippen LogP contribution >= 0.6 is 11.8 Å². The van der Waals surface area contributed by atoms with Crippen LogP contribution in [0.15, 0.2) is 12.4 Å². The van der Waals surface area contributed by atoms with E-state index in [1.807, 2.05) is 11.8 Å². The topological polar surface area (TPSA) is 92.9 Å². The maximum Gasteiger partial charge on any atom is 0.271 e. The minimum Gasteiger partial charge on any atom is -0.348 e. The highest BCUT2D eigenvalue weighted by atomic mass is 32.2. The van der Waals surface area contributed by atoms with E-state index in [9.17, 15) is 4.79 Å². The Hall–Kier alpha value is -1.34. The van der Waals surface area contributed by atoms with Gasteiger partial charge in [-0.3, -0.25) is 9.78 Å². The molecule has 1 aliphatic carbocycles. The Balaban J connectivity index is 1.95. The predicted octanol–water partition coefficient (Wildman–Crippen LogP) is 0.776. The molecule has 0 bridgehead atoms. The van der Waals surface area contributed by atoms with Crippen molar-refractivity contribution in [1.29, 1.82) is 0 Å². The number of nitrogens with two attached hydrogens (primary N) is 1. The fourth-order valence-electron chi connectivity index (χ4n) is 2.09. The average molecular weight is 267 g/mol. The van der Waals surface area contributed by atoms with Crippen LogP contribution in [0.1, 0.15) is 29.8 Å². The summed E-state index contributed by atoms with van der Waals surface area (Å²) in [6, 6.07) is 0.242. The number of carbonyl (C=O) groups is 1. The highest BCUT2D eigenvalue weighted by Crippen LogP contribution is 2.28. The molecule has 0 aromatic carbocycles. The van der Waals surface area contributed by atoms with E-state index in [0.717, 1.165) is 19.3 Å². The largest absolute Gasteiger partial charge is 0.348 e. The van der Waals surface area contributed by atoms with Crippen molar-refractivity contribution in [2.45, 2.75) is 30.6 Å². The second kappa shape index (κ2) is 6.01. The fraction of sp³-hybridized carbons (Fsp3) is 0.545. The molecule has 4 N–H and O–H groups in total. The summed E-state index contributed by atoms with van der Waals surface area (Å²) in [6.07, 6.45) is 8.22. The van der Waals surface area contributed by atoms with E-state index < -0.39 is 0 Å². The molecule has 2 rings (SSSR count). The quantitative estimate of drug-likeness (QED) is 0.551. The molecule has 1 amide bonds. The molecule has 0 aliphatic heterocycles. The van der Waals surface area contributed by atoms with Crippen LogP contribution < -0.4 is 16.6 Å². The van der Waals surface area contributed by atoms with Gasteiger partial charge in [0.1, 0.15) is 5.69 Å². The molecule has 1 aromatic heterocycles. The van der Waals surface area contributed by atoms with Crippen molar-refractivity contribution in [2.24, 2.45) is 5.84 Å². The second-order valence-electron chi connectivity index (χ2n) is 4.28. The van der Waals surface area contributed by atoms with Crippen molar-refractivity contribution in [2.75, 3.05) is 11.7 Å². The molecule has 1 aromatic rings. The van der Waals surface area contributed by atoms with Crippen molar-refractivity contribution in [3.8, 4) is 0 Å². The van der Waals surface area contributed by atoms with E-state index in [1.165, 1.54) is 12.4 Å². The van der Waals surface area contributed by atoms with E-state index in [0.29, 0.717) is 11.1 Å². The lowest BCUT2D eigenvalue weighted by atomic mass is 10.2. The smallest absolute Gasteiger partial charge is 0.271 e. The molecular weight excluding hydrogens is 250 g/mol. The van der Waals surface area contributed by atoms with Crippen molar-refractivity contribution < 1.29 is 4.79 Å². The lowest BCUT2D eigenvalue weighted by molar-refractivity contribution is 0.0932. The van der Waals surface area contributed by atoms with Crippen molar-refractivity contribution in [3.63, 3.8) is 0 Å². The summed E-state index contributed by atoms with van der Waals surface area (Å²) >= 11 is 1.86. The van der Waals surface area contributed by atoms with Gasteiger partial charge in [-0.1, -0.05) is 0 Å². The Morgan fingerprint density at radius 1 is 1.50 bits per heavy atom. The molecule has 18 heavy (non-hydrogen) atoms. The van der Waals surface area contributed by atoms with E-state index in [4.69, 9.17) is 5.84 Å². The number of rotatable bonds is 4. The summed E-state index contributed by atoms with van der Waals surface area (Å²) in [5.74, 6) is 5.43. The highest BCUT2D eigenvalue weighted by Gasteiger charge is 2.25. The highest BCUT2D eigenvalue weighted by molar-refractivity contribution is 7.99. The zero-order valence-corrected chi connectivity index (χ0v) is 11.0. The van der Waals surface area contributed by atoms with Crippen molar-refractivity contribution in [1.82, 2.24) is 15.3 Å². The van der Waals surface area contributed by atoms with Crippen LogP contribution in [0.2, 0.25) is 0 Å². The van der Waals surface area contributed by atoms with Gasteiger partial charge in [-0.05, 0) is 25.5 Å². The molecule has 7 heteroatoms. The van der Waals surface area contributed by atoms with Gasteiger partial charge >= 0.3 is 0 Å². The Morgan fingerprint density at radius 2 is 2.33 bits per heavy atom. The van der Waals surface area contributed by atoms with Crippen LogP contribution in [-0.2, 0) is 0 Å². The molecule has 2 unspecified atom stereocenters. The van der Waals surface area contributed by atoms with Crippen LogP contribution in [0.3, 0.4) is 0 Å². The number of nitrogens with one attached hydrogen (secondary N) is 2. The summed E-state index contributed by atoms with van der Waals surface area (Å²) in [5.41, 5.74) is 2.66. The monoisotopic (exact) mass is 267 g/mol. The van der Waals surface area contributed by atoms with E-state index in [2.05, 4.69) is 27.0 Å². The maximum absolute atomic E-state index is 12.0. The minimum absolute atomic E-state index is 0.189. The van der Waals surface area contributed by atoms with Crippen molar-refractivity contribution in [3.05, 3.63) is 18.1 Å². The van der Waals surface area contributed by atoms with Gasteiger partial charge in [0.05, 0.1) is 12.4 Å². The standard InChI is InChI=1S/C11H17N5OS/c1-18-8-3-2-7(4-8)14-11(17)9-5-13-6-10(15-9)16-12/h5-8H,2-4,12H2,1H3,(H,14,17)(H,15,16). The molecule has 98 valence electrons. The maximum atomic E-state index is 12.0. The van der Waals surface area contributed by atoms with E-state index in [1.54, 1.807) is 0 Å². The van der Waals surface area contributed by atoms with Gasteiger partial charge in [0.25, 0.3) is 5.91 Å². The molecule has 1 aliphatic rings. The normalized spacial score (nSPS) is 22.8. The molecule has 2 atom stereocenters. The SMILES string of the molecule is CSC1CCC(NC(=O)c2cncc(NN)n2)C1. The molecule has 1 saturated carbocycles. The van der Waals surface area contributed by atoms with Gasteiger partial charge in [0, 0.05) is 11.3 Å². The number of nitrogens with zero attached hydrogens (tertiary/aromatic N) is 2. The van der Waals surface area contributed by atoms with Crippen LogP contribution in [0.5, 0.6) is 0 Å². The summed E-state index contributed by atoms with van der Waals surface area (Å²) in [5, 5.41) is 3.64. The average Bonchev–Trinajstić information content (AvgIpc) is 2.86. The number of aromatic nitrogens is 2. The molecular formula is C11H17N5OS. The lowest BCUT2D eigenvalue weighted by Gasteiger charge is -2.12. The Kier molecular flexibility index (Phi) is 4.38. The Bertz CT molecular complexity index is 428. The van der Waals surface area contributed by atoms with Crippen LogP contribution in [-0.4, -0.2) is 33.4 Å². The number of carbonyl (C=O) groups excluding carboxylic acids is 1. The fourth-order valence-corrected chi connectivity index (χ4v) is 2.89. The second-order valence-corrected chi connectivity index (χ2v) is 5.41. The summed E-state index contributed by atoms with van der Waals surface area (Å²) in [7, 11) is 0. The summed E-state index contributed by atoms with van der Waals surface area (Å²) in [6.45, 7) is 0. The van der Waals surface area contributed by atoms with Gasteiger partial charge in [-0.2, -0.15) is 11.8 Å². The third-order valence-electron chi connectivity index (χ3n) is 3.07. The number of hydrazine groups is 1. The van der Waals surface area contributed by atoms with Crippen molar-refractivity contribution >= 4 is 23.5 Å². The van der Waals surface area contributed by atoms with E-state index >= 15 is 0 Å². The van der Waals surface area contributed by atoms with Gasteiger partial charge in [-0.25, -0.2) is 10.8 Å². The van der Waals surface area contributed by atoms with Gasteiger partial charge in [0.15, 0.2) is 5.82 Å².